The van der Waals surface area contributed by atoms with E-state index in [1.54, 1.807) is 18.3 Å². The smallest absolute Gasteiger partial charge is 0.232 e. The minimum absolute atomic E-state index is 0.222. The highest BCUT2D eigenvalue weighted by molar-refractivity contribution is 7.89. The predicted octanol–water partition coefficient (Wildman–Crippen LogP) is 1.68. The van der Waals surface area contributed by atoms with Crippen molar-refractivity contribution in [2.45, 2.75) is 43.5 Å². The number of pyridine rings is 1. The van der Waals surface area contributed by atoms with E-state index in [-0.39, 0.29) is 17.2 Å². The van der Waals surface area contributed by atoms with Gasteiger partial charge in [-0.3, -0.25) is 0 Å². The Morgan fingerprint density at radius 2 is 2.00 bits per heavy atom. The second kappa shape index (κ2) is 6.23. The lowest BCUT2D eigenvalue weighted by atomic mass is 10.0. The van der Waals surface area contributed by atoms with E-state index in [0.717, 1.165) is 32.1 Å². The molecule has 2 heterocycles. The predicted molar refractivity (Wildman–Crippen MR) is 80.7 cm³/mol. The first-order chi connectivity index (χ1) is 10.6. The summed E-state index contributed by atoms with van der Waals surface area (Å²) in [5, 5.41) is 8.77. The average molecular weight is 321 g/mol. The molecule has 6 nitrogen and oxygen atoms in total. The topological polar surface area (TPSA) is 83.3 Å². The van der Waals surface area contributed by atoms with Crippen molar-refractivity contribution >= 4 is 10.0 Å². The molecule has 0 aromatic carbocycles. The summed E-state index contributed by atoms with van der Waals surface area (Å²) in [6, 6.07) is 5.33. The molecule has 0 spiro atoms. The van der Waals surface area contributed by atoms with Gasteiger partial charge >= 0.3 is 0 Å². The summed E-state index contributed by atoms with van der Waals surface area (Å²) in [6.07, 6.45) is 6.00. The lowest BCUT2D eigenvalue weighted by molar-refractivity contribution is 0.0707. The van der Waals surface area contributed by atoms with E-state index in [0.29, 0.717) is 18.7 Å². The summed E-state index contributed by atoms with van der Waals surface area (Å²) in [7, 11) is -3.20. The fraction of sp³-hybridized carbons (Fsp3) is 0.600. The lowest BCUT2D eigenvalue weighted by Crippen LogP contribution is -2.58. The van der Waals surface area contributed by atoms with Crippen molar-refractivity contribution in [2.24, 2.45) is 0 Å². The molecule has 0 amide bonds. The molecular weight excluding hydrogens is 302 g/mol. The zero-order valence-electron chi connectivity index (χ0n) is 12.3. The normalized spacial score (nSPS) is 21.0. The number of aromatic nitrogens is 1. The van der Waals surface area contributed by atoms with Crippen molar-refractivity contribution < 1.29 is 13.2 Å². The van der Waals surface area contributed by atoms with Crippen molar-refractivity contribution in [1.29, 1.82) is 5.26 Å². The molecule has 3 rings (SSSR count). The molecule has 1 saturated carbocycles. The fourth-order valence-electron chi connectivity index (χ4n) is 2.98. The molecule has 2 aliphatic rings. The molecule has 1 aliphatic heterocycles. The molecule has 2 fully saturated rings. The van der Waals surface area contributed by atoms with Gasteiger partial charge in [-0.1, -0.05) is 19.3 Å². The van der Waals surface area contributed by atoms with Crippen molar-refractivity contribution in [2.75, 3.05) is 13.1 Å². The molecule has 7 heteroatoms. The molecule has 0 unspecified atom stereocenters. The van der Waals surface area contributed by atoms with Crippen LogP contribution in [0.4, 0.5) is 0 Å². The Bertz CT molecular complexity index is 672. The zero-order chi connectivity index (χ0) is 15.6. The minimum Gasteiger partial charge on any atom is -0.471 e. The Morgan fingerprint density at radius 3 is 2.68 bits per heavy atom. The van der Waals surface area contributed by atoms with E-state index in [4.69, 9.17) is 10.00 Å². The van der Waals surface area contributed by atoms with E-state index in [1.807, 2.05) is 6.07 Å². The summed E-state index contributed by atoms with van der Waals surface area (Å²) in [5.74, 6) is 0.282. The Labute approximate surface area is 130 Å². The van der Waals surface area contributed by atoms with Crippen LogP contribution in [0.5, 0.6) is 5.88 Å². The largest absolute Gasteiger partial charge is 0.471 e. The number of hydrogen-bond acceptors (Lipinski definition) is 5. The van der Waals surface area contributed by atoms with Gasteiger partial charge in [0.25, 0.3) is 0 Å². The molecule has 0 bridgehead atoms. The SMILES string of the molecule is N#Cc1cccnc1OC1CN(S(=O)(=O)C2CCCCC2)C1. The highest BCUT2D eigenvalue weighted by atomic mass is 32.2. The molecule has 22 heavy (non-hydrogen) atoms. The fourth-order valence-corrected chi connectivity index (χ4v) is 5.08. The first-order valence-electron chi connectivity index (χ1n) is 7.62. The number of nitrogens with zero attached hydrogens (tertiary/aromatic N) is 3. The van der Waals surface area contributed by atoms with Gasteiger partial charge in [0.2, 0.25) is 15.9 Å². The molecule has 0 N–H and O–H groups in total. The monoisotopic (exact) mass is 321 g/mol. The van der Waals surface area contributed by atoms with E-state index in [1.165, 1.54) is 4.31 Å². The summed E-state index contributed by atoms with van der Waals surface area (Å²) in [4.78, 5) is 4.04. The third kappa shape index (κ3) is 2.94. The number of ether oxygens (including phenoxy) is 1. The minimum atomic E-state index is -3.20. The molecule has 118 valence electrons. The molecule has 1 saturated heterocycles. The van der Waals surface area contributed by atoms with Gasteiger partial charge in [0.15, 0.2) is 0 Å². The zero-order valence-corrected chi connectivity index (χ0v) is 13.1. The summed E-state index contributed by atoms with van der Waals surface area (Å²) >= 11 is 0. The molecule has 1 aliphatic carbocycles. The number of sulfonamides is 1. The summed E-state index contributed by atoms with van der Waals surface area (Å²) < 4.78 is 32.1. The quantitative estimate of drug-likeness (QED) is 0.842. The van der Waals surface area contributed by atoms with Crippen molar-refractivity contribution in [3.05, 3.63) is 23.9 Å². The molecule has 0 atom stereocenters. The van der Waals surface area contributed by atoms with Gasteiger partial charge in [-0.25, -0.2) is 13.4 Å². The van der Waals surface area contributed by atoms with E-state index in [9.17, 15) is 8.42 Å². The van der Waals surface area contributed by atoms with Crippen LogP contribution in [0.1, 0.15) is 37.7 Å². The van der Waals surface area contributed by atoms with Crippen molar-refractivity contribution in [1.82, 2.24) is 9.29 Å². The average Bonchev–Trinajstić information content (AvgIpc) is 2.51. The van der Waals surface area contributed by atoms with Gasteiger partial charge in [0, 0.05) is 6.20 Å². The second-order valence-electron chi connectivity index (χ2n) is 5.83. The summed E-state index contributed by atoms with van der Waals surface area (Å²) in [5.41, 5.74) is 0.371. The van der Waals surface area contributed by atoms with Gasteiger partial charge in [-0.15, -0.1) is 0 Å². The van der Waals surface area contributed by atoms with Crippen LogP contribution in [0.25, 0.3) is 0 Å². The van der Waals surface area contributed by atoms with Crippen LogP contribution in [0, 0.1) is 11.3 Å². The number of hydrogen-bond donors (Lipinski definition) is 0. The van der Waals surface area contributed by atoms with Gasteiger partial charge in [-0.05, 0) is 25.0 Å². The highest BCUT2D eigenvalue weighted by Gasteiger charge is 2.41. The van der Waals surface area contributed by atoms with E-state index in [2.05, 4.69) is 4.98 Å². The standard InChI is InChI=1S/C15H19N3O3S/c16-9-12-5-4-8-17-15(12)21-13-10-18(11-13)22(19,20)14-6-2-1-3-7-14/h4-5,8,13-14H,1-3,6-7,10-11H2. The number of nitriles is 1. The second-order valence-corrected chi connectivity index (χ2v) is 8.04. The van der Waals surface area contributed by atoms with E-state index >= 15 is 0 Å². The van der Waals surface area contributed by atoms with Crippen LogP contribution in [-0.4, -0.2) is 42.2 Å². The highest BCUT2D eigenvalue weighted by Crippen LogP contribution is 2.29. The third-order valence-electron chi connectivity index (χ3n) is 4.32. The van der Waals surface area contributed by atoms with Gasteiger partial charge < -0.3 is 4.74 Å². The molecule has 0 radical (unpaired) electrons. The van der Waals surface area contributed by atoms with Crippen LogP contribution >= 0.6 is 0 Å². The van der Waals surface area contributed by atoms with Crippen molar-refractivity contribution in [3.63, 3.8) is 0 Å². The van der Waals surface area contributed by atoms with Crippen LogP contribution in [0.2, 0.25) is 0 Å². The Hall–Kier alpha value is -1.65. The van der Waals surface area contributed by atoms with Gasteiger partial charge in [0.05, 0.1) is 18.3 Å². The maximum atomic E-state index is 12.5. The first kappa shape index (κ1) is 15.3. The van der Waals surface area contributed by atoms with Crippen LogP contribution in [0.3, 0.4) is 0 Å². The van der Waals surface area contributed by atoms with Gasteiger partial charge in [0.1, 0.15) is 17.7 Å². The molecular formula is C15H19N3O3S. The summed E-state index contributed by atoms with van der Waals surface area (Å²) in [6.45, 7) is 0.695. The molecule has 1 aromatic rings. The first-order valence-corrected chi connectivity index (χ1v) is 9.12. The Kier molecular flexibility index (Phi) is 4.32. The number of rotatable bonds is 4. The van der Waals surface area contributed by atoms with E-state index < -0.39 is 10.0 Å². The lowest BCUT2D eigenvalue weighted by Gasteiger charge is -2.40. The maximum Gasteiger partial charge on any atom is 0.232 e. The van der Waals surface area contributed by atoms with Crippen LogP contribution < -0.4 is 4.74 Å². The van der Waals surface area contributed by atoms with Gasteiger partial charge in [-0.2, -0.15) is 9.57 Å². The van der Waals surface area contributed by atoms with Crippen LogP contribution in [-0.2, 0) is 10.0 Å². The van der Waals surface area contributed by atoms with Crippen LogP contribution in [0.15, 0.2) is 18.3 Å². The molecule has 1 aromatic heterocycles. The Morgan fingerprint density at radius 1 is 1.27 bits per heavy atom. The third-order valence-corrected chi connectivity index (χ3v) is 6.65. The Balaban J connectivity index is 1.59. The van der Waals surface area contributed by atoms with Crippen molar-refractivity contribution in [3.8, 4) is 11.9 Å². The maximum absolute atomic E-state index is 12.5.